The molecular weight excluding hydrogens is 442 g/mol. The molecule has 184 valence electrons. The van der Waals surface area contributed by atoms with Crippen molar-refractivity contribution in [2.75, 3.05) is 13.7 Å². The van der Waals surface area contributed by atoms with Crippen LogP contribution in [-0.2, 0) is 22.4 Å². The molecule has 6 heteroatoms. The predicted octanol–water partition coefficient (Wildman–Crippen LogP) is 4.46. The van der Waals surface area contributed by atoms with Gasteiger partial charge in [0.1, 0.15) is 18.0 Å². The quantitative estimate of drug-likeness (QED) is 0.495. The molecule has 1 N–H and O–H groups in total. The van der Waals surface area contributed by atoms with Crippen molar-refractivity contribution < 1.29 is 24.1 Å². The van der Waals surface area contributed by atoms with Gasteiger partial charge in [0.2, 0.25) is 0 Å². The van der Waals surface area contributed by atoms with E-state index in [0.717, 1.165) is 16.9 Å². The largest absolute Gasteiger partial charge is 0.497 e. The number of aliphatic hydroxyl groups excluding tert-OH is 1. The van der Waals surface area contributed by atoms with E-state index in [1.54, 1.807) is 12.0 Å². The third-order valence-corrected chi connectivity index (χ3v) is 6.13. The number of benzene rings is 3. The standard InChI is InChI=1S/C29H33NO5/c1-29(2)34-26(27(35-29)25(31)18-21-14-16-24(33-3)17-15-21)20-30(19-22-10-6-4-7-11-22)28(32)23-12-8-5-9-13-23/h4-17,25-27,31H,18-20H2,1-3H3/t25-,26+,27-/m0/s1. The average molecular weight is 476 g/mol. The van der Waals surface area contributed by atoms with Crippen molar-refractivity contribution in [3.63, 3.8) is 0 Å². The molecule has 0 unspecified atom stereocenters. The molecule has 1 fully saturated rings. The number of rotatable bonds is 9. The molecule has 35 heavy (non-hydrogen) atoms. The van der Waals surface area contributed by atoms with Gasteiger partial charge in [-0.25, -0.2) is 0 Å². The molecule has 0 spiro atoms. The number of aliphatic hydroxyl groups is 1. The predicted molar refractivity (Wildman–Crippen MR) is 134 cm³/mol. The Kier molecular flexibility index (Phi) is 7.86. The second-order valence-corrected chi connectivity index (χ2v) is 9.30. The molecule has 0 bridgehead atoms. The molecule has 3 aromatic rings. The van der Waals surface area contributed by atoms with Crippen LogP contribution in [0.5, 0.6) is 5.75 Å². The van der Waals surface area contributed by atoms with Crippen LogP contribution in [0.2, 0.25) is 0 Å². The highest BCUT2D eigenvalue weighted by Crippen LogP contribution is 2.32. The molecular formula is C29H33NO5. The maximum Gasteiger partial charge on any atom is 0.254 e. The van der Waals surface area contributed by atoms with E-state index in [1.807, 2.05) is 98.8 Å². The van der Waals surface area contributed by atoms with Gasteiger partial charge in [-0.1, -0.05) is 60.7 Å². The highest BCUT2D eigenvalue weighted by atomic mass is 16.8. The highest BCUT2D eigenvalue weighted by molar-refractivity contribution is 5.94. The topological polar surface area (TPSA) is 68.2 Å². The SMILES string of the molecule is COc1ccc(C[C@H](O)[C@@H]2OC(C)(C)O[C@@H]2CN(Cc2ccccc2)C(=O)c2ccccc2)cc1. The fraction of sp³-hybridized carbons (Fsp3) is 0.345. The van der Waals surface area contributed by atoms with E-state index in [0.29, 0.717) is 18.5 Å². The fourth-order valence-corrected chi connectivity index (χ4v) is 4.45. The molecule has 1 saturated heterocycles. The lowest BCUT2D eigenvalue weighted by atomic mass is 9.99. The molecule has 4 rings (SSSR count). The molecule has 0 saturated carbocycles. The van der Waals surface area contributed by atoms with Gasteiger partial charge in [0.25, 0.3) is 5.91 Å². The first kappa shape index (κ1) is 24.9. The number of carbonyl (C=O) groups excluding carboxylic acids is 1. The summed E-state index contributed by atoms with van der Waals surface area (Å²) < 4.78 is 17.6. The Bertz CT molecular complexity index is 1090. The van der Waals surface area contributed by atoms with Crippen LogP contribution in [-0.4, -0.2) is 53.7 Å². The molecule has 0 aliphatic carbocycles. The summed E-state index contributed by atoms with van der Waals surface area (Å²) in [5.41, 5.74) is 2.59. The van der Waals surface area contributed by atoms with Crippen molar-refractivity contribution in [3.05, 3.63) is 102 Å². The Morgan fingerprint density at radius 2 is 1.57 bits per heavy atom. The zero-order valence-electron chi connectivity index (χ0n) is 20.5. The van der Waals surface area contributed by atoms with Gasteiger partial charge in [0, 0.05) is 18.5 Å². The Hall–Kier alpha value is -3.19. The molecule has 0 aromatic heterocycles. The van der Waals surface area contributed by atoms with Gasteiger partial charge in [-0.3, -0.25) is 4.79 Å². The maximum absolute atomic E-state index is 13.5. The van der Waals surface area contributed by atoms with Crippen LogP contribution >= 0.6 is 0 Å². The first-order valence-corrected chi connectivity index (χ1v) is 11.9. The number of amides is 1. The second kappa shape index (κ2) is 11.0. The molecule has 1 aliphatic heterocycles. The van der Waals surface area contributed by atoms with Gasteiger partial charge >= 0.3 is 0 Å². The molecule has 1 aliphatic rings. The van der Waals surface area contributed by atoms with Crippen LogP contribution in [0.4, 0.5) is 0 Å². The lowest BCUT2D eigenvalue weighted by Gasteiger charge is -2.29. The van der Waals surface area contributed by atoms with Gasteiger partial charge in [0.05, 0.1) is 19.8 Å². The smallest absolute Gasteiger partial charge is 0.254 e. The van der Waals surface area contributed by atoms with E-state index in [9.17, 15) is 9.90 Å². The van der Waals surface area contributed by atoms with E-state index >= 15 is 0 Å². The molecule has 3 atom stereocenters. The minimum absolute atomic E-state index is 0.0915. The molecule has 1 amide bonds. The van der Waals surface area contributed by atoms with Crippen molar-refractivity contribution in [2.24, 2.45) is 0 Å². The van der Waals surface area contributed by atoms with Crippen LogP contribution in [0.25, 0.3) is 0 Å². The minimum atomic E-state index is -0.871. The van der Waals surface area contributed by atoms with Gasteiger partial charge < -0.3 is 24.2 Å². The summed E-state index contributed by atoms with van der Waals surface area (Å²) in [5, 5.41) is 11.2. The number of hydrogen-bond donors (Lipinski definition) is 1. The number of hydrogen-bond acceptors (Lipinski definition) is 5. The third kappa shape index (κ3) is 6.48. The summed E-state index contributed by atoms with van der Waals surface area (Å²) in [4.78, 5) is 15.3. The fourth-order valence-electron chi connectivity index (χ4n) is 4.45. The number of carbonyl (C=O) groups is 1. The van der Waals surface area contributed by atoms with E-state index < -0.39 is 24.1 Å². The van der Waals surface area contributed by atoms with Crippen molar-refractivity contribution in [1.82, 2.24) is 4.90 Å². The van der Waals surface area contributed by atoms with Gasteiger partial charge in [0.15, 0.2) is 5.79 Å². The summed E-state index contributed by atoms with van der Waals surface area (Å²) in [6, 6.07) is 26.7. The first-order chi connectivity index (χ1) is 16.8. The van der Waals surface area contributed by atoms with Crippen LogP contribution in [0, 0.1) is 0 Å². The summed E-state index contributed by atoms with van der Waals surface area (Å²) in [6.45, 7) is 4.38. The number of methoxy groups -OCH3 is 1. The van der Waals surface area contributed by atoms with Crippen molar-refractivity contribution in [2.45, 2.75) is 50.9 Å². The Morgan fingerprint density at radius 1 is 0.943 bits per heavy atom. The van der Waals surface area contributed by atoms with E-state index in [1.165, 1.54) is 0 Å². The highest BCUT2D eigenvalue weighted by Gasteiger charge is 2.45. The van der Waals surface area contributed by atoms with Gasteiger partial charge in [-0.15, -0.1) is 0 Å². The molecule has 1 heterocycles. The first-order valence-electron chi connectivity index (χ1n) is 11.9. The zero-order chi connectivity index (χ0) is 24.8. The summed E-state index contributed by atoms with van der Waals surface area (Å²) in [7, 11) is 1.62. The summed E-state index contributed by atoms with van der Waals surface area (Å²) in [5.74, 6) is -0.199. The molecule has 0 radical (unpaired) electrons. The van der Waals surface area contributed by atoms with Gasteiger partial charge in [-0.05, 0) is 49.2 Å². The lowest BCUT2D eigenvalue weighted by molar-refractivity contribution is -0.155. The van der Waals surface area contributed by atoms with Gasteiger partial charge in [-0.2, -0.15) is 0 Å². The molecule has 3 aromatic carbocycles. The zero-order valence-corrected chi connectivity index (χ0v) is 20.5. The summed E-state index contributed by atoms with van der Waals surface area (Å²) in [6.07, 6.45) is -1.49. The Morgan fingerprint density at radius 3 is 2.20 bits per heavy atom. The normalized spacial score (nSPS) is 19.8. The second-order valence-electron chi connectivity index (χ2n) is 9.30. The number of nitrogens with zero attached hydrogens (tertiary/aromatic N) is 1. The molecule has 6 nitrogen and oxygen atoms in total. The van der Waals surface area contributed by atoms with Crippen molar-refractivity contribution in [3.8, 4) is 5.75 Å². The van der Waals surface area contributed by atoms with E-state index in [4.69, 9.17) is 14.2 Å². The Balaban J connectivity index is 1.54. The summed E-state index contributed by atoms with van der Waals surface area (Å²) >= 11 is 0. The van der Waals surface area contributed by atoms with E-state index in [2.05, 4.69) is 0 Å². The lowest BCUT2D eigenvalue weighted by Crippen LogP contribution is -2.45. The number of ether oxygens (including phenoxy) is 3. The third-order valence-electron chi connectivity index (χ3n) is 6.13. The van der Waals surface area contributed by atoms with E-state index in [-0.39, 0.29) is 12.5 Å². The van der Waals surface area contributed by atoms with Crippen LogP contribution in [0.1, 0.15) is 35.3 Å². The Labute approximate surface area is 207 Å². The van der Waals surface area contributed by atoms with Crippen LogP contribution in [0.3, 0.4) is 0 Å². The van der Waals surface area contributed by atoms with Crippen molar-refractivity contribution >= 4 is 5.91 Å². The average Bonchev–Trinajstić information content (AvgIpc) is 3.19. The van der Waals surface area contributed by atoms with Crippen LogP contribution < -0.4 is 4.74 Å². The maximum atomic E-state index is 13.5. The monoisotopic (exact) mass is 475 g/mol. The minimum Gasteiger partial charge on any atom is -0.497 e. The van der Waals surface area contributed by atoms with Crippen LogP contribution in [0.15, 0.2) is 84.9 Å². The van der Waals surface area contributed by atoms with Crippen molar-refractivity contribution in [1.29, 1.82) is 0 Å².